The zero-order valence-corrected chi connectivity index (χ0v) is 10.3. The molecule has 19 heavy (non-hydrogen) atoms. The molecule has 0 fully saturated rings. The number of halogens is 1. The Bertz CT molecular complexity index is 754. The van der Waals surface area contributed by atoms with E-state index in [2.05, 4.69) is 25.3 Å². The number of H-pyrrole nitrogens is 1. The largest absolute Gasteiger partial charge is 0.340 e. The zero-order valence-electron chi connectivity index (χ0n) is 9.59. The van der Waals surface area contributed by atoms with E-state index in [9.17, 15) is 4.79 Å². The van der Waals surface area contributed by atoms with E-state index in [1.165, 1.54) is 12.7 Å². The van der Waals surface area contributed by atoms with Crippen LogP contribution in [0.3, 0.4) is 0 Å². The fraction of sp³-hybridized carbons (Fsp3) is 0. The molecule has 3 aromatic rings. The van der Waals surface area contributed by atoms with E-state index in [4.69, 9.17) is 11.6 Å². The lowest BCUT2D eigenvalue weighted by atomic mass is 10.2. The predicted octanol–water partition coefficient (Wildman–Crippen LogP) is 2.26. The Morgan fingerprint density at radius 1 is 1.26 bits per heavy atom. The van der Waals surface area contributed by atoms with Crippen LogP contribution in [0, 0.1) is 0 Å². The number of imidazole rings is 1. The molecule has 0 spiro atoms. The summed E-state index contributed by atoms with van der Waals surface area (Å²) in [5, 5.41) is 3.20. The molecule has 6 nitrogen and oxygen atoms in total. The fourth-order valence-electron chi connectivity index (χ4n) is 1.67. The number of nitrogens with one attached hydrogen (secondary N) is 2. The van der Waals surface area contributed by atoms with Crippen LogP contribution in [0.5, 0.6) is 0 Å². The second-order valence-corrected chi connectivity index (χ2v) is 4.22. The van der Waals surface area contributed by atoms with Gasteiger partial charge in [0.2, 0.25) is 0 Å². The van der Waals surface area contributed by atoms with E-state index >= 15 is 0 Å². The summed E-state index contributed by atoms with van der Waals surface area (Å²) in [4.78, 5) is 26.9. The van der Waals surface area contributed by atoms with Crippen LogP contribution < -0.4 is 5.32 Å². The van der Waals surface area contributed by atoms with Gasteiger partial charge in [0, 0.05) is 10.6 Å². The number of benzene rings is 1. The van der Waals surface area contributed by atoms with Gasteiger partial charge in [0.05, 0.1) is 6.33 Å². The number of carbonyl (C=O) groups excluding carboxylic acids is 1. The standard InChI is InChI=1S/C12H8ClN5O/c13-8-3-1-2-7(4-8)12(19)18-11-9-10(15-5-14-9)16-6-17-11/h1-6H,(H2,14,15,16,17,18,19). The Hall–Kier alpha value is -2.47. The highest BCUT2D eigenvalue weighted by Crippen LogP contribution is 2.16. The van der Waals surface area contributed by atoms with Crippen molar-refractivity contribution >= 4 is 34.5 Å². The number of carbonyl (C=O) groups is 1. The molecule has 2 N–H and O–H groups in total. The lowest BCUT2D eigenvalue weighted by Crippen LogP contribution is -2.13. The predicted molar refractivity (Wildman–Crippen MR) is 71.1 cm³/mol. The second-order valence-electron chi connectivity index (χ2n) is 3.79. The smallest absolute Gasteiger partial charge is 0.256 e. The Kier molecular flexibility index (Phi) is 2.85. The number of aromatic amines is 1. The number of amides is 1. The Morgan fingerprint density at radius 3 is 3.00 bits per heavy atom. The topological polar surface area (TPSA) is 83.6 Å². The molecule has 94 valence electrons. The maximum absolute atomic E-state index is 12.1. The molecular weight excluding hydrogens is 266 g/mol. The number of anilines is 1. The molecule has 0 saturated heterocycles. The molecule has 0 bridgehead atoms. The van der Waals surface area contributed by atoms with Crippen LogP contribution in [-0.2, 0) is 0 Å². The summed E-state index contributed by atoms with van der Waals surface area (Å²) >= 11 is 5.85. The van der Waals surface area contributed by atoms with Gasteiger partial charge in [0.1, 0.15) is 11.8 Å². The first-order chi connectivity index (χ1) is 9.24. The van der Waals surface area contributed by atoms with Gasteiger partial charge in [-0.3, -0.25) is 4.79 Å². The van der Waals surface area contributed by atoms with Crippen molar-refractivity contribution in [3.63, 3.8) is 0 Å². The summed E-state index contributed by atoms with van der Waals surface area (Å²) in [5.74, 6) is 0.0876. The quantitative estimate of drug-likeness (QED) is 0.750. The maximum atomic E-state index is 12.1. The third-order valence-corrected chi connectivity index (χ3v) is 2.78. The SMILES string of the molecule is O=C(Nc1ncnc2nc[nH]c12)c1cccc(Cl)c1. The number of fused-ring (bicyclic) bond motifs is 1. The highest BCUT2D eigenvalue weighted by molar-refractivity contribution is 6.31. The summed E-state index contributed by atoms with van der Waals surface area (Å²) in [5.41, 5.74) is 1.54. The van der Waals surface area contributed by atoms with Gasteiger partial charge >= 0.3 is 0 Å². The molecule has 0 aliphatic heterocycles. The molecule has 2 heterocycles. The van der Waals surface area contributed by atoms with Crippen molar-refractivity contribution in [2.75, 3.05) is 5.32 Å². The first-order valence-corrected chi connectivity index (χ1v) is 5.83. The molecule has 0 atom stereocenters. The third-order valence-electron chi connectivity index (χ3n) is 2.54. The van der Waals surface area contributed by atoms with E-state index in [-0.39, 0.29) is 5.91 Å². The van der Waals surface area contributed by atoms with Crippen LogP contribution in [0.25, 0.3) is 11.2 Å². The molecule has 1 amide bonds. The molecule has 7 heteroatoms. The monoisotopic (exact) mass is 273 g/mol. The normalized spacial score (nSPS) is 10.6. The average molecular weight is 274 g/mol. The fourth-order valence-corrected chi connectivity index (χ4v) is 1.86. The van der Waals surface area contributed by atoms with Crippen molar-refractivity contribution in [3.8, 4) is 0 Å². The van der Waals surface area contributed by atoms with Gasteiger partial charge in [0.25, 0.3) is 5.91 Å². The van der Waals surface area contributed by atoms with E-state index in [0.717, 1.165) is 0 Å². The van der Waals surface area contributed by atoms with Crippen molar-refractivity contribution in [1.29, 1.82) is 0 Å². The first kappa shape index (κ1) is 11.6. The van der Waals surface area contributed by atoms with Crippen molar-refractivity contribution in [2.24, 2.45) is 0 Å². The Labute approximate surface area is 112 Å². The minimum absolute atomic E-state index is 0.294. The molecule has 0 saturated carbocycles. The van der Waals surface area contributed by atoms with E-state index in [0.29, 0.717) is 27.6 Å². The lowest BCUT2D eigenvalue weighted by Gasteiger charge is -2.04. The average Bonchev–Trinajstić information content (AvgIpc) is 2.88. The van der Waals surface area contributed by atoms with Crippen LogP contribution in [-0.4, -0.2) is 25.8 Å². The van der Waals surface area contributed by atoms with E-state index in [1.54, 1.807) is 24.3 Å². The molecular formula is C12H8ClN5O. The summed E-state index contributed by atoms with van der Waals surface area (Å²) in [6.07, 6.45) is 2.84. The molecule has 0 aliphatic rings. The van der Waals surface area contributed by atoms with Crippen molar-refractivity contribution in [1.82, 2.24) is 19.9 Å². The molecule has 0 unspecified atom stereocenters. The van der Waals surface area contributed by atoms with Crippen LogP contribution in [0.15, 0.2) is 36.9 Å². The molecule has 2 aromatic heterocycles. The maximum Gasteiger partial charge on any atom is 0.256 e. The minimum atomic E-state index is -0.294. The Balaban J connectivity index is 1.93. The molecule has 3 rings (SSSR count). The van der Waals surface area contributed by atoms with Gasteiger partial charge in [-0.25, -0.2) is 15.0 Å². The highest BCUT2D eigenvalue weighted by Gasteiger charge is 2.11. The number of hydrogen-bond acceptors (Lipinski definition) is 4. The zero-order chi connectivity index (χ0) is 13.2. The third kappa shape index (κ3) is 2.25. The number of rotatable bonds is 2. The van der Waals surface area contributed by atoms with Crippen molar-refractivity contribution in [2.45, 2.75) is 0 Å². The van der Waals surface area contributed by atoms with Gasteiger partial charge < -0.3 is 10.3 Å². The van der Waals surface area contributed by atoms with Gasteiger partial charge in [0.15, 0.2) is 11.5 Å². The summed E-state index contributed by atoms with van der Waals surface area (Å²) in [7, 11) is 0. The second kappa shape index (κ2) is 4.66. The van der Waals surface area contributed by atoms with E-state index in [1.807, 2.05) is 0 Å². The van der Waals surface area contributed by atoms with E-state index < -0.39 is 0 Å². The first-order valence-electron chi connectivity index (χ1n) is 5.45. The molecule has 0 aliphatic carbocycles. The number of nitrogens with zero attached hydrogens (tertiary/aromatic N) is 3. The summed E-state index contributed by atoms with van der Waals surface area (Å²) in [6, 6.07) is 6.67. The highest BCUT2D eigenvalue weighted by atomic mass is 35.5. The van der Waals surface area contributed by atoms with Gasteiger partial charge in [-0.15, -0.1) is 0 Å². The molecule has 1 aromatic carbocycles. The van der Waals surface area contributed by atoms with Gasteiger partial charge in [-0.1, -0.05) is 17.7 Å². The minimum Gasteiger partial charge on any atom is -0.340 e. The number of hydrogen-bond donors (Lipinski definition) is 2. The van der Waals surface area contributed by atoms with Crippen molar-refractivity contribution < 1.29 is 4.79 Å². The lowest BCUT2D eigenvalue weighted by molar-refractivity contribution is 0.102. The van der Waals surface area contributed by atoms with Gasteiger partial charge in [-0.05, 0) is 18.2 Å². The van der Waals surface area contributed by atoms with Gasteiger partial charge in [-0.2, -0.15) is 0 Å². The van der Waals surface area contributed by atoms with Crippen LogP contribution in [0.2, 0.25) is 5.02 Å². The van der Waals surface area contributed by atoms with Crippen LogP contribution >= 0.6 is 11.6 Å². The Morgan fingerprint density at radius 2 is 2.16 bits per heavy atom. The molecule has 0 radical (unpaired) electrons. The van der Waals surface area contributed by atoms with Crippen LogP contribution in [0.1, 0.15) is 10.4 Å². The summed E-state index contributed by atoms with van der Waals surface area (Å²) in [6.45, 7) is 0. The van der Waals surface area contributed by atoms with Crippen LogP contribution in [0.4, 0.5) is 5.82 Å². The number of aromatic nitrogens is 4. The van der Waals surface area contributed by atoms with Crippen molar-refractivity contribution in [3.05, 3.63) is 47.5 Å². The summed E-state index contributed by atoms with van der Waals surface area (Å²) < 4.78 is 0.